The van der Waals surface area contributed by atoms with Crippen LogP contribution in [-0.4, -0.2) is 13.1 Å². The molecule has 0 spiro atoms. The molecular formula is C22H19F3O6. The minimum absolute atomic E-state index is 0.0350. The zero-order chi connectivity index (χ0) is 23.0. The van der Waals surface area contributed by atoms with Crippen LogP contribution in [0, 0.1) is 5.41 Å². The lowest BCUT2D eigenvalue weighted by Gasteiger charge is -2.17. The Kier molecular flexibility index (Phi) is 5.71. The Hall–Kier alpha value is -3.49. The molecule has 9 heteroatoms. The molecule has 0 radical (unpaired) electrons. The Labute approximate surface area is 175 Å². The number of methoxy groups -OCH3 is 1. The van der Waals surface area contributed by atoms with Gasteiger partial charge in [0.15, 0.2) is 0 Å². The molecule has 2 aromatic carbocycles. The van der Waals surface area contributed by atoms with Gasteiger partial charge < -0.3 is 18.6 Å². The van der Waals surface area contributed by atoms with Gasteiger partial charge in [0.25, 0.3) is 5.76 Å². The second-order valence-electron chi connectivity index (χ2n) is 7.67. The molecule has 0 aliphatic carbocycles. The summed E-state index contributed by atoms with van der Waals surface area (Å²) in [4.78, 5) is 24.9. The molecule has 0 amide bonds. The summed E-state index contributed by atoms with van der Waals surface area (Å²) in [6.45, 7) is 4.88. The van der Waals surface area contributed by atoms with Gasteiger partial charge in [0, 0.05) is 12.1 Å². The van der Waals surface area contributed by atoms with Crippen molar-refractivity contribution in [1.29, 1.82) is 0 Å². The number of carbonyl (C=O) groups is 1. The third-order valence-electron chi connectivity index (χ3n) is 4.16. The fraction of sp³-hybridized carbons (Fsp3) is 0.273. The molecular weight excluding hydrogens is 417 g/mol. The number of benzene rings is 2. The summed E-state index contributed by atoms with van der Waals surface area (Å²) in [5, 5.41) is -0.165. The second kappa shape index (κ2) is 7.98. The number of ether oxygens (including phenoxy) is 3. The predicted octanol–water partition coefficient (Wildman–Crippen LogP) is 5.56. The maximum Gasteiger partial charge on any atom is 0.453 e. The van der Waals surface area contributed by atoms with Crippen LogP contribution < -0.4 is 19.6 Å². The monoisotopic (exact) mass is 436 g/mol. The van der Waals surface area contributed by atoms with E-state index in [1.165, 1.54) is 37.4 Å². The molecule has 6 nitrogen and oxygen atoms in total. The Morgan fingerprint density at radius 2 is 1.65 bits per heavy atom. The summed E-state index contributed by atoms with van der Waals surface area (Å²) in [5.41, 5.74) is -2.25. The number of halogens is 3. The third-order valence-corrected chi connectivity index (χ3v) is 4.16. The molecule has 0 saturated heterocycles. The van der Waals surface area contributed by atoms with E-state index in [0.29, 0.717) is 5.75 Å². The van der Waals surface area contributed by atoms with Crippen molar-refractivity contribution in [2.45, 2.75) is 26.9 Å². The Balaban J connectivity index is 2.12. The highest BCUT2D eigenvalue weighted by Gasteiger charge is 2.40. The third kappa shape index (κ3) is 4.82. The van der Waals surface area contributed by atoms with Gasteiger partial charge in [0.05, 0.1) is 17.9 Å². The zero-order valence-electron chi connectivity index (χ0n) is 17.1. The van der Waals surface area contributed by atoms with E-state index in [4.69, 9.17) is 18.6 Å². The number of carbonyl (C=O) groups excluding carboxylic acids is 1. The minimum atomic E-state index is -5.01. The van der Waals surface area contributed by atoms with Crippen LogP contribution in [0.25, 0.3) is 11.0 Å². The summed E-state index contributed by atoms with van der Waals surface area (Å²) in [7, 11) is 1.38. The first-order valence-corrected chi connectivity index (χ1v) is 9.12. The molecule has 3 aromatic rings. The number of fused-ring (bicyclic) bond motifs is 1. The van der Waals surface area contributed by atoms with E-state index in [1.807, 2.05) is 0 Å². The number of hydrogen-bond acceptors (Lipinski definition) is 6. The molecule has 0 saturated carbocycles. The normalized spacial score (nSPS) is 12.0. The van der Waals surface area contributed by atoms with E-state index in [9.17, 15) is 22.8 Å². The topological polar surface area (TPSA) is 75.0 Å². The summed E-state index contributed by atoms with van der Waals surface area (Å²) in [6.07, 6.45) is -5.01. The van der Waals surface area contributed by atoms with Gasteiger partial charge in [-0.05, 0) is 45.0 Å². The SMILES string of the molecule is COc1cccc(Oc2c(C(F)(F)F)oc3cc(OC(=O)C(C)(C)C)ccc3c2=O)c1. The second-order valence-corrected chi connectivity index (χ2v) is 7.67. The van der Waals surface area contributed by atoms with E-state index in [1.54, 1.807) is 26.8 Å². The summed E-state index contributed by atoms with van der Waals surface area (Å²) < 4.78 is 61.4. The van der Waals surface area contributed by atoms with E-state index >= 15 is 0 Å². The zero-order valence-corrected chi connectivity index (χ0v) is 17.1. The van der Waals surface area contributed by atoms with Gasteiger partial charge in [0.2, 0.25) is 11.2 Å². The molecule has 3 rings (SSSR count). The van der Waals surface area contributed by atoms with Gasteiger partial charge in [0.1, 0.15) is 22.8 Å². The molecule has 0 fully saturated rings. The molecule has 0 aliphatic rings. The largest absolute Gasteiger partial charge is 0.497 e. The summed E-state index contributed by atoms with van der Waals surface area (Å²) >= 11 is 0. The fourth-order valence-electron chi connectivity index (χ4n) is 2.54. The highest BCUT2D eigenvalue weighted by molar-refractivity contribution is 5.82. The molecule has 0 unspecified atom stereocenters. The van der Waals surface area contributed by atoms with Gasteiger partial charge in [-0.3, -0.25) is 9.59 Å². The molecule has 31 heavy (non-hydrogen) atoms. The van der Waals surface area contributed by atoms with Crippen molar-refractivity contribution in [2.24, 2.45) is 5.41 Å². The lowest BCUT2D eigenvalue weighted by atomic mass is 9.97. The van der Waals surface area contributed by atoms with Crippen LogP contribution in [0.3, 0.4) is 0 Å². The van der Waals surface area contributed by atoms with Crippen LogP contribution in [-0.2, 0) is 11.0 Å². The summed E-state index contributed by atoms with van der Waals surface area (Å²) in [6, 6.07) is 9.35. The van der Waals surface area contributed by atoms with Crippen LogP contribution in [0.1, 0.15) is 26.5 Å². The first-order chi connectivity index (χ1) is 14.4. The Morgan fingerprint density at radius 1 is 0.968 bits per heavy atom. The van der Waals surface area contributed by atoms with Crippen LogP contribution in [0.5, 0.6) is 23.0 Å². The van der Waals surface area contributed by atoms with Gasteiger partial charge in [-0.15, -0.1) is 0 Å². The maximum absolute atomic E-state index is 13.6. The van der Waals surface area contributed by atoms with Crippen LogP contribution in [0.15, 0.2) is 51.7 Å². The van der Waals surface area contributed by atoms with Gasteiger partial charge in [-0.2, -0.15) is 13.2 Å². The van der Waals surface area contributed by atoms with Crippen LogP contribution >= 0.6 is 0 Å². The number of hydrogen-bond donors (Lipinski definition) is 0. The first kappa shape index (κ1) is 22.2. The molecule has 1 aromatic heterocycles. The molecule has 0 atom stereocenters. The Bertz CT molecular complexity index is 1190. The quantitative estimate of drug-likeness (QED) is 0.394. The standard InChI is InChI=1S/C22H19F3O6/c1-21(2,3)20(27)30-14-8-9-15-16(11-14)31-19(22(23,24)25)18(17(15)26)29-13-7-5-6-12(10-13)28-4/h5-11H,1-4H3. The molecule has 0 aliphatic heterocycles. The van der Waals surface area contributed by atoms with Gasteiger partial charge >= 0.3 is 12.1 Å². The van der Waals surface area contributed by atoms with E-state index in [2.05, 4.69) is 0 Å². The maximum atomic E-state index is 13.6. The average Bonchev–Trinajstić information content (AvgIpc) is 2.68. The highest BCUT2D eigenvalue weighted by atomic mass is 19.4. The van der Waals surface area contributed by atoms with Crippen molar-refractivity contribution in [3.63, 3.8) is 0 Å². The lowest BCUT2D eigenvalue weighted by molar-refractivity contribution is -0.154. The number of rotatable bonds is 4. The van der Waals surface area contributed by atoms with E-state index in [-0.39, 0.29) is 16.9 Å². The van der Waals surface area contributed by atoms with Crippen molar-refractivity contribution in [1.82, 2.24) is 0 Å². The fourth-order valence-corrected chi connectivity index (χ4v) is 2.54. The molecule has 164 valence electrons. The van der Waals surface area contributed by atoms with Gasteiger partial charge in [-0.25, -0.2) is 0 Å². The van der Waals surface area contributed by atoms with Crippen molar-refractivity contribution in [3.8, 4) is 23.0 Å². The minimum Gasteiger partial charge on any atom is -0.497 e. The van der Waals surface area contributed by atoms with Crippen molar-refractivity contribution in [3.05, 3.63) is 58.4 Å². The molecule has 0 bridgehead atoms. The van der Waals surface area contributed by atoms with Crippen molar-refractivity contribution >= 4 is 16.9 Å². The smallest absolute Gasteiger partial charge is 0.453 e. The predicted molar refractivity (Wildman–Crippen MR) is 106 cm³/mol. The van der Waals surface area contributed by atoms with Crippen LogP contribution in [0.2, 0.25) is 0 Å². The molecule has 0 N–H and O–H groups in total. The lowest BCUT2D eigenvalue weighted by Crippen LogP contribution is -2.25. The number of alkyl halides is 3. The van der Waals surface area contributed by atoms with Crippen molar-refractivity contribution in [2.75, 3.05) is 7.11 Å². The Morgan fingerprint density at radius 3 is 2.26 bits per heavy atom. The molecule has 1 heterocycles. The van der Waals surface area contributed by atoms with E-state index in [0.717, 1.165) is 6.07 Å². The summed E-state index contributed by atoms with van der Waals surface area (Å²) in [5.74, 6) is -2.96. The average molecular weight is 436 g/mol. The first-order valence-electron chi connectivity index (χ1n) is 9.12. The van der Waals surface area contributed by atoms with Gasteiger partial charge in [-0.1, -0.05) is 6.07 Å². The highest BCUT2D eigenvalue weighted by Crippen LogP contribution is 2.39. The van der Waals surface area contributed by atoms with E-state index < -0.39 is 40.1 Å². The number of esters is 1. The van der Waals surface area contributed by atoms with Crippen LogP contribution in [0.4, 0.5) is 13.2 Å². The van der Waals surface area contributed by atoms with Crippen molar-refractivity contribution < 1.29 is 36.6 Å².